The van der Waals surface area contributed by atoms with E-state index in [9.17, 15) is 0 Å². The molecule has 0 unspecified atom stereocenters. The molecule has 0 aromatic rings. The Morgan fingerprint density at radius 3 is 2.14 bits per heavy atom. The monoisotopic (exact) mass is 156 g/mol. The van der Waals surface area contributed by atoms with Crippen molar-refractivity contribution in [3.8, 4) is 0 Å². The molecule has 44 valence electrons. The molecule has 0 heterocycles. The SMILES string of the molecule is [SiH3]CCCC(Cl)Cl. The van der Waals surface area contributed by atoms with Gasteiger partial charge in [-0.25, -0.2) is 0 Å². The van der Waals surface area contributed by atoms with E-state index in [1.54, 1.807) is 0 Å². The maximum atomic E-state index is 5.44. The average Bonchev–Trinajstić information content (AvgIpc) is 1.61. The van der Waals surface area contributed by atoms with Crippen LogP contribution in [0.1, 0.15) is 12.8 Å². The van der Waals surface area contributed by atoms with Crippen LogP contribution in [0.5, 0.6) is 0 Å². The molecule has 0 N–H and O–H groups in total. The molecule has 3 heteroatoms. The number of rotatable bonds is 3. The largest absolute Gasteiger partial charge is 0.107 e. The predicted octanol–water partition coefficient (Wildman–Crippen LogP) is 1.35. The van der Waals surface area contributed by atoms with E-state index in [0.29, 0.717) is 0 Å². The molecule has 0 fully saturated rings. The summed E-state index contributed by atoms with van der Waals surface area (Å²) in [5, 5.41) is 0. The van der Waals surface area contributed by atoms with Crippen LogP contribution in [0, 0.1) is 0 Å². The van der Waals surface area contributed by atoms with Crippen LogP contribution in [0.4, 0.5) is 0 Å². The molecule has 0 atom stereocenters. The first kappa shape index (κ1) is 7.80. The zero-order chi connectivity index (χ0) is 5.70. The normalized spacial score (nSPS) is 10.7. The Hall–Kier alpha value is 0.797. The average molecular weight is 157 g/mol. The molecule has 0 amide bonds. The van der Waals surface area contributed by atoms with Crippen LogP contribution in [-0.2, 0) is 0 Å². The van der Waals surface area contributed by atoms with Crippen molar-refractivity contribution in [3.63, 3.8) is 0 Å². The molecule has 0 aromatic heterocycles. The second-order valence-electron chi connectivity index (χ2n) is 1.53. The smallest absolute Gasteiger partial charge is 0.105 e. The molecule has 7 heavy (non-hydrogen) atoms. The van der Waals surface area contributed by atoms with Crippen molar-refractivity contribution in [2.24, 2.45) is 0 Å². The van der Waals surface area contributed by atoms with Crippen LogP contribution in [0.15, 0.2) is 0 Å². The fourth-order valence-corrected chi connectivity index (χ4v) is 1.08. The van der Waals surface area contributed by atoms with E-state index < -0.39 is 0 Å². The van der Waals surface area contributed by atoms with Gasteiger partial charge in [-0.3, -0.25) is 0 Å². The van der Waals surface area contributed by atoms with E-state index >= 15 is 0 Å². The molecule has 0 spiro atoms. The van der Waals surface area contributed by atoms with Gasteiger partial charge < -0.3 is 0 Å². The summed E-state index contributed by atoms with van der Waals surface area (Å²) in [6.45, 7) is 0. The fraction of sp³-hybridized carbons (Fsp3) is 1.00. The van der Waals surface area contributed by atoms with E-state index in [0.717, 1.165) is 6.42 Å². The first-order valence-electron chi connectivity index (χ1n) is 2.55. The summed E-state index contributed by atoms with van der Waals surface area (Å²) in [7, 11) is 1.28. The Labute approximate surface area is 57.6 Å². The summed E-state index contributed by atoms with van der Waals surface area (Å²) in [6.07, 6.45) is 2.16. The van der Waals surface area contributed by atoms with Gasteiger partial charge in [-0.05, 0) is 6.42 Å². The number of hydrogen-bond acceptors (Lipinski definition) is 0. The minimum absolute atomic E-state index is 0.131. The summed E-state index contributed by atoms with van der Waals surface area (Å²) in [5.74, 6) is 0. The van der Waals surface area contributed by atoms with Crippen molar-refractivity contribution in [1.29, 1.82) is 0 Å². The molecule has 0 aliphatic carbocycles. The second kappa shape index (κ2) is 4.94. The van der Waals surface area contributed by atoms with Gasteiger partial charge in [0.2, 0.25) is 0 Å². The third-order valence-corrected chi connectivity index (χ3v) is 1.92. The Kier molecular flexibility index (Phi) is 5.51. The summed E-state index contributed by atoms with van der Waals surface area (Å²) in [4.78, 5) is -0.131. The first-order chi connectivity index (χ1) is 3.27. The van der Waals surface area contributed by atoms with Crippen LogP contribution in [0.3, 0.4) is 0 Å². The van der Waals surface area contributed by atoms with Gasteiger partial charge in [-0.1, -0.05) is 12.5 Å². The lowest BCUT2D eigenvalue weighted by Gasteiger charge is -1.94. The van der Waals surface area contributed by atoms with Gasteiger partial charge in [0, 0.05) is 10.2 Å². The van der Waals surface area contributed by atoms with Gasteiger partial charge in [0.25, 0.3) is 0 Å². The molecule has 0 aliphatic heterocycles. The molecule has 0 saturated heterocycles. The molecular weight excluding hydrogens is 147 g/mol. The van der Waals surface area contributed by atoms with Gasteiger partial charge in [0.1, 0.15) is 4.84 Å². The standard InChI is InChI=1S/C4H10Cl2Si/c5-4(6)2-1-3-7/h4H,1-3H2,7H3. The van der Waals surface area contributed by atoms with E-state index in [-0.39, 0.29) is 4.84 Å². The Bertz CT molecular complexity index is 38.7. The lowest BCUT2D eigenvalue weighted by molar-refractivity contribution is 0.858. The quantitative estimate of drug-likeness (QED) is 0.428. The third kappa shape index (κ3) is 6.80. The highest BCUT2D eigenvalue weighted by molar-refractivity contribution is 6.44. The first-order valence-corrected chi connectivity index (χ1v) is 4.84. The third-order valence-electron chi connectivity index (χ3n) is 0.776. The van der Waals surface area contributed by atoms with Gasteiger partial charge in [-0.2, -0.15) is 0 Å². The molecule has 0 nitrogen and oxygen atoms in total. The van der Waals surface area contributed by atoms with Crippen molar-refractivity contribution < 1.29 is 0 Å². The van der Waals surface area contributed by atoms with Crippen molar-refractivity contribution in [1.82, 2.24) is 0 Å². The number of alkyl halides is 2. The molecule has 0 aliphatic rings. The van der Waals surface area contributed by atoms with Crippen molar-refractivity contribution >= 4 is 33.4 Å². The summed E-state index contributed by atoms with van der Waals surface area (Å²) < 4.78 is 0. The minimum atomic E-state index is -0.131. The second-order valence-corrected chi connectivity index (χ2v) is 3.81. The van der Waals surface area contributed by atoms with Crippen LogP contribution < -0.4 is 0 Å². The number of halogens is 2. The maximum absolute atomic E-state index is 5.44. The Morgan fingerprint density at radius 1 is 1.43 bits per heavy atom. The molecule has 0 rings (SSSR count). The van der Waals surface area contributed by atoms with Gasteiger partial charge >= 0.3 is 0 Å². The molecular formula is C4H10Cl2Si. The van der Waals surface area contributed by atoms with Gasteiger partial charge in [0.05, 0.1) is 0 Å². The Morgan fingerprint density at radius 2 is 2.00 bits per heavy atom. The van der Waals surface area contributed by atoms with Crippen molar-refractivity contribution in [3.05, 3.63) is 0 Å². The maximum Gasteiger partial charge on any atom is 0.107 e. The van der Waals surface area contributed by atoms with Crippen molar-refractivity contribution in [2.75, 3.05) is 0 Å². The van der Waals surface area contributed by atoms with Crippen LogP contribution in [-0.4, -0.2) is 15.1 Å². The van der Waals surface area contributed by atoms with Crippen molar-refractivity contribution in [2.45, 2.75) is 23.7 Å². The Balaban J connectivity index is 2.68. The zero-order valence-electron chi connectivity index (χ0n) is 4.45. The molecule has 0 radical (unpaired) electrons. The molecule has 0 saturated carbocycles. The van der Waals surface area contributed by atoms with Crippen LogP contribution >= 0.6 is 23.2 Å². The lowest BCUT2D eigenvalue weighted by Crippen LogP contribution is -1.84. The van der Waals surface area contributed by atoms with E-state index in [1.165, 1.54) is 22.7 Å². The highest BCUT2D eigenvalue weighted by Gasteiger charge is 1.93. The topological polar surface area (TPSA) is 0 Å². The van der Waals surface area contributed by atoms with Crippen LogP contribution in [0.2, 0.25) is 6.04 Å². The number of hydrogen-bond donors (Lipinski definition) is 0. The summed E-state index contributed by atoms with van der Waals surface area (Å²) >= 11 is 10.9. The summed E-state index contributed by atoms with van der Waals surface area (Å²) in [5.41, 5.74) is 0. The van der Waals surface area contributed by atoms with E-state index in [4.69, 9.17) is 23.2 Å². The predicted molar refractivity (Wildman–Crippen MR) is 39.5 cm³/mol. The van der Waals surface area contributed by atoms with Gasteiger partial charge in [-0.15, -0.1) is 23.2 Å². The van der Waals surface area contributed by atoms with Crippen LogP contribution in [0.25, 0.3) is 0 Å². The molecule has 0 aromatic carbocycles. The fourth-order valence-electron chi connectivity index (χ4n) is 0.358. The highest BCUT2D eigenvalue weighted by atomic mass is 35.5. The lowest BCUT2D eigenvalue weighted by atomic mass is 10.4. The minimum Gasteiger partial charge on any atom is -0.105 e. The summed E-state index contributed by atoms with van der Waals surface area (Å²) in [6, 6.07) is 1.32. The zero-order valence-corrected chi connectivity index (χ0v) is 7.97. The van der Waals surface area contributed by atoms with E-state index in [1.807, 2.05) is 0 Å². The van der Waals surface area contributed by atoms with Gasteiger partial charge in [0.15, 0.2) is 0 Å². The highest BCUT2D eigenvalue weighted by Crippen LogP contribution is 2.09. The van der Waals surface area contributed by atoms with E-state index in [2.05, 4.69) is 0 Å². The molecule has 0 bridgehead atoms.